The Kier molecular flexibility index (Phi) is 4.94. The molecule has 0 radical (unpaired) electrons. The topological polar surface area (TPSA) is 66.4 Å². The molecular weight excluding hydrogens is 218 g/mol. The number of rotatable bonds is 5. The van der Waals surface area contributed by atoms with Gasteiger partial charge in [0.25, 0.3) is 0 Å². The number of carboxylic acids is 1. The molecule has 1 amide bonds. The van der Waals surface area contributed by atoms with Gasteiger partial charge in [-0.2, -0.15) is 0 Å². The maximum absolute atomic E-state index is 11.1. The van der Waals surface area contributed by atoms with Crippen LogP contribution in [-0.4, -0.2) is 23.5 Å². The van der Waals surface area contributed by atoms with E-state index in [-0.39, 0.29) is 11.5 Å². The molecule has 1 aromatic carbocycles. The van der Waals surface area contributed by atoms with E-state index in [1.807, 2.05) is 0 Å². The summed E-state index contributed by atoms with van der Waals surface area (Å²) in [5.74, 6) is -1.11. The highest BCUT2D eigenvalue weighted by atomic mass is 16.4. The van der Waals surface area contributed by atoms with E-state index in [0.29, 0.717) is 13.0 Å². The summed E-state index contributed by atoms with van der Waals surface area (Å²) in [6, 6.07) is 6.79. The molecular formula is C13H15NO3. The Morgan fingerprint density at radius 1 is 1.35 bits per heavy atom. The van der Waals surface area contributed by atoms with Gasteiger partial charge in [-0.3, -0.25) is 4.79 Å². The van der Waals surface area contributed by atoms with Gasteiger partial charge in [0.2, 0.25) is 5.91 Å². The third kappa shape index (κ3) is 4.10. The van der Waals surface area contributed by atoms with Crippen LogP contribution in [0.4, 0.5) is 0 Å². The van der Waals surface area contributed by atoms with Gasteiger partial charge in [-0.05, 0) is 31.1 Å². The number of hydrogen-bond acceptors (Lipinski definition) is 2. The summed E-state index contributed by atoms with van der Waals surface area (Å²) in [5, 5.41) is 11.6. The highest BCUT2D eigenvalue weighted by molar-refractivity contribution is 5.89. The Morgan fingerprint density at radius 2 is 2.06 bits per heavy atom. The first kappa shape index (κ1) is 13.0. The predicted molar refractivity (Wildman–Crippen MR) is 64.9 cm³/mol. The van der Waals surface area contributed by atoms with Gasteiger partial charge in [-0.25, -0.2) is 4.79 Å². The summed E-state index contributed by atoms with van der Waals surface area (Å²) in [6.07, 6.45) is 3.59. The molecule has 0 aliphatic heterocycles. The van der Waals surface area contributed by atoms with Crippen LogP contribution in [0.5, 0.6) is 0 Å². The lowest BCUT2D eigenvalue weighted by Gasteiger charge is -2.06. The second kappa shape index (κ2) is 6.48. The molecule has 0 aliphatic rings. The van der Waals surface area contributed by atoms with Gasteiger partial charge in [0.05, 0.1) is 5.56 Å². The summed E-state index contributed by atoms with van der Waals surface area (Å²) >= 11 is 0. The zero-order valence-corrected chi connectivity index (χ0v) is 9.64. The molecule has 1 rings (SSSR count). The van der Waals surface area contributed by atoms with Crippen molar-refractivity contribution < 1.29 is 14.7 Å². The van der Waals surface area contributed by atoms with Gasteiger partial charge in [-0.15, -0.1) is 0 Å². The summed E-state index contributed by atoms with van der Waals surface area (Å²) in [5.41, 5.74) is 1.01. The van der Waals surface area contributed by atoms with Crippen LogP contribution in [0.1, 0.15) is 22.8 Å². The van der Waals surface area contributed by atoms with Crippen molar-refractivity contribution in [1.82, 2.24) is 5.32 Å². The Labute approximate surface area is 100.0 Å². The largest absolute Gasteiger partial charge is 0.478 e. The molecule has 0 aromatic heterocycles. The number of allylic oxidation sites excluding steroid dienone is 1. The minimum atomic E-state index is -0.944. The molecule has 0 aliphatic carbocycles. The molecule has 17 heavy (non-hydrogen) atoms. The Hall–Kier alpha value is -2.10. The zero-order chi connectivity index (χ0) is 12.7. The van der Waals surface area contributed by atoms with Crippen LogP contribution in [0.25, 0.3) is 0 Å². The highest BCUT2D eigenvalue weighted by Crippen LogP contribution is 2.08. The predicted octanol–water partition coefficient (Wildman–Crippen LogP) is 1.62. The molecule has 0 bridgehead atoms. The van der Waals surface area contributed by atoms with Crippen molar-refractivity contribution in [3.05, 3.63) is 47.5 Å². The molecule has 0 heterocycles. The van der Waals surface area contributed by atoms with Crippen molar-refractivity contribution >= 4 is 11.9 Å². The molecule has 4 nitrogen and oxygen atoms in total. The monoisotopic (exact) mass is 233 g/mol. The minimum absolute atomic E-state index is 0.166. The van der Waals surface area contributed by atoms with Crippen LogP contribution in [0.15, 0.2) is 36.4 Å². The van der Waals surface area contributed by atoms with Gasteiger partial charge in [0, 0.05) is 6.54 Å². The minimum Gasteiger partial charge on any atom is -0.478 e. The molecule has 4 heteroatoms. The Bertz CT molecular complexity index is 438. The lowest BCUT2D eigenvalue weighted by molar-refractivity contribution is -0.116. The van der Waals surface area contributed by atoms with Crippen molar-refractivity contribution in [3.63, 3.8) is 0 Å². The summed E-state index contributed by atoms with van der Waals surface area (Å²) in [4.78, 5) is 22.1. The van der Waals surface area contributed by atoms with E-state index >= 15 is 0 Å². The molecule has 1 aromatic rings. The van der Waals surface area contributed by atoms with Crippen molar-refractivity contribution in [2.24, 2.45) is 0 Å². The first-order valence-electron chi connectivity index (χ1n) is 5.37. The number of carbonyl (C=O) groups excluding carboxylic acids is 1. The second-order valence-electron chi connectivity index (χ2n) is 3.50. The van der Waals surface area contributed by atoms with Gasteiger partial charge < -0.3 is 10.4 Å². The molecule has 0 atom stereocenters. The normalized spacial score (nSPS) is 10.4. The number of nitrogens with one attached hydrogen (secondary N) is 1. The second-order valence-corrected chi connectivity index (χ2v) is 3.50. The fourth-order valence-electron chi connectivity index (χ4n) is 1.48. The van der Waals surface area contributed by atoms with Crippen LogP contribution < -0.4 is 5.32 Å². The SMILES string of the molecule is CC=CC(=O)NCCc1ccccc1C(=O)O. The van der Waals surface area contributed by atoms with Crippen molar-refractivity contribution in [3.8, 4) is 0 Å². The first-order chi connectivity index (χ1) is 8.15. The lowest BCUT2D eigenvalue weighted by Crippen LogP contribution is -2.24. The fraction of sp³-hybridized carbons (Fsp3) is 0.231. The van der Waals surface area contributed by atoms with Crippen molar-refractivity contribution in [1.29, 1.82) is 0 Å². The Balaban J connectivity index is 2.57. The van der Waals surface area contributed by atoms with Crippen LogP contribution in [-0.2, 0) is 11.2 Å². The highest BCUT2D eigenvalue weighted by Gasteiger charge is 2.08. The molecule has 0 spiro atoms. The summed E-state index contributed by atoms with van der Waals surface area (Å²) in [6.45, 7) is 2.19. The van der Waals surface area contributed by atoms with Gasteiger partial charge in [0.1, 0.15) is 0 Å². The first-order valence-corrected chi connectivity index (χ1v) is 5.37. The van der Waals surface area contributed by atoms with Crippen LogP contribution in [0.3, 0.4) is 0 Å². The van der Waals surface area contributed by atoms with E-state index in [4.69, 9.17) is 5.11 Å². The smallest absolute Gasteiger partial charge is 0.335 e. The molecule has 0 saturated heterocycles. The van der Waals surface area contributed by atoms with Gasteiger partial charge in [0.15, 0.2) is 0 Å². The van der Waals surface area contributed by atoms with Crippen LogP contribution in [0, 0.1) is 0 Å². The van der Waals surface area contributed by atoms with E-state index in [2.05, 4.69) is 5.32 Å². The maximum atomic E-state index is 11.1. The number of aromatic carboxylic acids is 1. The molecule has 0 unspecified atom stereocenters. The maximum Gasteiger partial charge on any atom is 0.335 e. The number of benzene rings is 1. The fourth-order valence-corrected chi connectivity index (χ4v) is 1.48. The van der Waals surface area contributed by atoms with Gasteiger partial charge in [-0.1, -0.05) is 24.3 Å². The van der Waals surface area contributed by atoms with E-state index in [9.17, 15) is 9.59 Å². The summed E-state index contributed by atoms with van der Waals surface area (Å²) in [7, 11) is 0. The number of carbonyl (C=O) groups is 2. The number of amides is 1. The van der Waals surface area contributed by atoms with Crippen LogP contribution in [0.2, 0.25) is 0 Å². The average Bonchev–Trinajstić information content (AvgIpc) is 2.30. The zero-order valence-electron chi connectivity index (χ0n) is 9.64. The van der Waals surface area contributed by atoms with E-state index < -0.39 is 5.97 Å². The number of hydrogen-bond donors (Lipinski definition) is 2. The molecule has 2 N–H and O–H groups in total. The van der Waals surface area contributed by atoms with E-state index in [1.165, 1.54) is 6.08 Å². The molecule has 90 valence electrons. The molecule has 0 saturated carbocycles. The average molecular weight is 233 g/mol. The van der Waals surface area contributed by atoms with Gasteiger partial charge >= 0.3 is 5.97 Å². The van der Waals surface area contributed by atoms with E-state index in [1.54, 1.807) is 37.3 Å². The van der Waals surface area contributed by atoms with Crippen molar-refractivity contribution in [2.75, 3.05) is 6.54 Å². The number of carboxylic acid groups (broad SMARTS) is 1. The van der Waals surface area contributed by atoms with E-state index in [0.717, 1.165) is 5.56 Å². The summed E-state index contributed by atoms with van der Waals surface area (Å²) < 4.78 is 0. The third-order valence-corrected chi connectivity index (χ3v) is 2.26. The van der Waals surface area contributed by atoms with Crippen molar-refractivity contribution in [2.45, 2.75) is 13.3 Å². The Morgan fingerprint density at radius 3 is 2.71 bits per heavy atom. The quantitative estimate of drug-likeness (QED) is 0.759. The molecule has 0 fully saturated rings. The standard InChI is InChI=1S/C13H15NO3/c1-2-5-12(15)14-9-8-10-6-3-4-7-11(10)13(16)17/h2-7H,8-9H2,1H3,(H,14,15)(H,16,17). The lowest BCUT2D eigenvalue weighted by atomic mass is 10.0. The van der Waals surface area contributed by atoms with Crippen LogP contribution >= 0.6 is 0 Å². The third-order valence-electron chi connectivity index (χ3n) is 2.26.